The van der Waals surface area contributed by atoms with Crippen molar-refractivity contribution < 1.29 is 4.52 Å². The van der Waals surface area contributed by atoms with Gasteiger partial charge in [-0.1, -0.05) is 5.16 Å². The van der Waals surface area contributed by atoms with Crippen LogP contribution in [0.2, 0.25) is 0 Å². The van der Waals surface area contributed by atoms with Gasteiger partial charge in [-0.15, -0.1) is 0 Å². The SMILES string of the molecule is Cc1nc(NN)cc(NCc2ccon2)n1. The number of hydrazine groups is 1. The summed E-state index contributed by atoms with van der Waals surface area (Å²) in [5, 5.41) is 6.87. The van der Waals surface area contributed by atoms with Crippen LogP contribution in [-0.4, -0.2) is 15.1 Å². The minimum absolute atomic E-state index is 0.539. The van der Waals surface area contributed by atoms with E-state index < -0.39 is 0 Å². The number of hydrogen-bond acceptors (Lipinski definition) is 7. The number of hydrogen-bond donors (Lipinski definition) is 3. The Morgan fingerprint density at radius 3 is 2.88 bits per heavy atom. The monoisotopic (exact) mass is 220 g/mol. The van der Waals surface area contributed by atoms with Crippen molar-refractivity contribution in [2.75, 3.05) is 10.7 Å². The summed E-state index contributed by atoms with van der Waals surface area (Å²) in [4.78, 5) is 8.28. The molecule has 0 aliphatic carbocycles. The Hall–Kier alpha value is -2.15. The zero-order chi connectivity index (χ0) is 11.4. The van der Waals surface area contributed by atoms with Crippen molar-refractivity contribution in [2.24, 2.45) is 5.84 Å². The van der Waals surface area contributed by atoms with Crippen molar-refractivity contribution in [1.82, 2.24) is 15.1 Å². The maximum atomic E-state index is 5.28. The lowest BCUT2D eigenvalue weighted by Crippen LogP contribution is -2.11. The van der Waals surface area contributed by atoms with E-state index in [0.717, 1.165) is 5.69 Å². The van der Waals surface area contributed by atoms with Gasteiger partial charge in [0, 0.05) is 12.1 Å². The van der Waals surface area contributed by atoms with Gasteiger partial charge in [-0.25, -0.2) is 15.8 Å². The van der Waals surface area contributed by atoms with E-state index in [-0.39, 0.29) is 0 Å². The van der Waals surface area contributed by atoms with E-state index in [0.29, 0.717) is 24.0 Å². The Morgan fingerprint density at radius 2 is 2.19 bits per heavy atom. The highest BCUT2D eigenvalue weighted by Gasteiger charge is 2.01. The van der Waals surface area contributed by atoms with Crippen LogP contribution in [0.15, 0.2) is 22.9 Å². The first-order chi connectivity index (χ1) is 7.78. The summed E-state index contributed by atoms with van der Waals surface area (Å²) in [7, 11) is 0. The van der Waals surface area contributed by atoms with E-state index in [2.05, 4.69) is 25.9 Å². The third-order valence-corrected chi connectivity index (χ3v) is 1.93. The van der Waals surface area contributed by atoms with E-state index in [1.807, 2.05) is 0 Å². The molecular weight excluding hydrogens is 208 g/mol. The van der Waals surface area contributed by atoms with Crippen molar-refractivity contribution in [3.8, 4) is 0 Å². The fourth-order valence-electron chi connectivity index (χ4n) is 1.24. The molecule has 0 saturated carbocycles. The quantitative estimate of drug-likeness (QED) is 0.514. The first kappa shape index (κ1) is 10.4. The highest BCUT2D eigenvalue weighted by molar-refractivity contribution is 5.46. The molecule has 0 spiro atoms. The largest absolute Gasteiger partial charge is 0.364 e. The lowest BCUT2D eigenvalue weighted by Gasteiger charge is -2.06. The third kappa shape index (κ3) is 2.45. The smallest absolute Gasteiger partial charge is 0.145 e. The van der Waals surface area contributed by atoms with Gasteiger partial charge in [0.2, 0.25) is 0 Å². The van der Waals surface area contributed by atoms with Gasteiger partial charge in [0.05, 0.1) is 6.54 Å². The Morgan fingerprint density at radius 1 is 1.38 bits per heavy atom. The van der Waals surface area contributed by atoms with Crippen LogP contribution in [0.25, 0.3) is 0 Å². The molecule has 0 atom stereocenters. The second-order valence-corrected chi connectivity index (χ2v) is 3.17. The van der Waals surface area contributed by atoms with E-state index in [9.17, 15) is 0 Å². The second kappa shape index (κ2) is 4.58. The van der Waals surface area contributed by atoms with Crippen molar-refractivity contribution in [1.29, 1.82) is 0 Å². The molecule has 0 fully saturated rings. The Bertz CT molecular complexity index is 455. The fraction of sp³-hybridized carbons (Fsp3) is 0.222. The Labute approximate surface area is 92.0 Å². The molecule has 7 heteroatoms. The zero-order valence-corrected chi connectivity index (χ0v) is 8.77. The minimum atomic E-state index is 0.539. The van der Waals surface area contributed by atoms with Crippen molar-refractivity contribution >= 4 is 11.6 Å². The molecule has 0 aliphatic rings. The molecule has 2 heterocycles. The van der Waals surface area contributed by atoms with Crippen LogP contribution in [0.3, 0.4) is 0 Å². The number of aromatic nitrogens is 3. The molecule has 0 amide bonds. The van der Waals surface area contributed by atoms with Gasteiger partial charge in [0.1, 0.15) is 29.4 Å². The highest BCUT2D eigenvalue weighted by Crippen LogP contribution is 2.10. The average Bonchev–Trinajstić information content (AvgIpc) is 2.78. The lowest BCUT2D eigenvalue weighted by atomic mass is 10.4. The average molecular weight is 220 g/mol. The summed E-state index contributed by atoms with van der Waals surface area (Å²) in [6.07, 6.45) is 1.52. The van der Waals surface area contributed by atoms with Crippen LogP contribution < -0.4 is 16.6 Å². The van der Waals surface area contributed by atoms with Gasteiger partial charge in [0.25, 0.3) is 0 Å². The first-order valence-electron chi connectivity index (χ1n) is 4.73. The number of anilines is 2. The van der Waals surface area contributed by atoms with E-state index in [1.54, 1.807) is 19.1 Å². The zero-order valence-electron chi connectivity index (χ0n) is 8.77. The molecule has 0 saturated heterocycles. The van der Waals surface area contributed by atoms with Crippen LogP contribution in [0.1, 0.15) is 11.5 Å². The van der Waals surface area contributed by atoms with Crippen molar-refractivity contribution in [3.63, 3.8) is 0 Å². The molecule has 84 valence electrons. The molecular formula is C9H12N6O. The summed E-state index contributed by atoms with van der Waals surface area (Å²) in [5.74, 6) is 7.17. The number of rotatable bonds is 4. The predicted molar refractivity (Wildman–Crippen MR) is 58.4 cm³/mol. The van der Waals surface area contributed by atoms with Gasteiger partial charge in [0.15, 0.2) is 0 Å². The molecule has 4 N–H and O–H groups in total. The normalized spacial score (nSPS) is 10.1. The Kier molecular flexibility index (Phi) is 2.97. The maximum absolute atomic E-state index is 5.28. The third-order valence-electron chi connectivity index (χ3n) is 1.93. The topological polar surface area (TPSA) is 102 Å². The summed E-state index contributed by atoms with van der Waals surface area (Å²) >= 11 is 0. The van der Waals surface area contributed by atoms with Gasteiger partial charge in [-0.2, -0.15) is 0 Å². The van der Waals surface area contributed by atoms with E-state index in [4.69, 9.17) is 10.4 Å². The molecule has 2 rings (SSSR count). The van der Waals surface area contributed by atoms with Crippen LogP contribution in [-0.2, 0) is 6.54 Å². The molecule has 0 radical (unpaired) electrons. The summed E-state index contributed by atoms with van der Waals surface area (Å²) in [6, 6.07) is 3.50. The molecule has 0 unspecified atom stereocenters. The van der Waals surface area contributed by atoms with E-state index in [1.165, 1.54) is 6.26 Å². The van der Waals surface area contributed by atoms with Gasteiger partial charge in [-0.3, -0.25) is 0 Å². The molecule has 7 nitrogen and oxygen atoms in total. The summed E-state index contributed by atoms with van der Waals surface area (Å²) in [5.41, 5.74) is 3.28. The molecule has 0 bridgehead atoms. The van der Waals surface area contributed by atoms with Gasteiger partial charge in [-0.05, 0) is 6.92 Å². The van der Waals surface area contributed by atoms with Crippen LogP contribution in [0.5, 0.6) is 0 Å². The Balaban J connectivity index is 2.06. The molecule has 0 aliphatic heterocycles. The van der Waals surface area contributed by atoms with Crippen LogP contribution in [0, 0.1) is 6.92 Å². The van der Waals surface area contributed by atoms with Crippen LogP contribution in [0.4, 0.5) is 11.6 Å². The summed E-state index contributed by atoms with van der Waals surface area (Å²) < 4.78 is 4.72. The number of nitrogens with zero attached hydrogens (tertiary/aromatic N) is 3. The first-order valence-corrected chi connectivity index (χ1v) is 4.73. The molecule has 2 aromatic heterocycles. The highest BCUT2D eigenvalue weighted by atomic mass is 16.5. The minimum Gasteiger partial charge on any atom is -0.364 e. The maximum Gasteiger partial charge on any atom is 0.145 e. The van der Waals surface area contributed by atoms with E-state index >= 15 is 0 Å². The molecule has 0 aromatic carbocycles. The van der Waals surface area contributed by atoms with Crippen LogP contribution >= 0.6 is 0 Å². The number of nitrogen functional groups attached to an aromatic ring is 1. The standard InChI is InChI=1S/C9H12N6O/c1-6-12-8(4-9(13-6)14-10)11-5-7-2-3-16-15-7/h2-4H,5,10H2,1H3,(H2,11,12,13,14). The number of nitrogens with one attached hydrogen (secondary N) is 2. The fourth-order valence-corrected chi connectivity index (χ4v) is 1.24. The van der Waals surface area contributed by atoms with Crippen molar-refractivity contribution in [2.45, 2.75) is 13.5 Å². The summed E-state index contributed by atoms with van der Waals surface area (Å²) in [6.45, 7) is 2.33. The number of aryl methyl sites for hydroxylation is 1. The van der Waals surface area contributed by atoms with Gasteiger partial charge < -0.3 is 15.3 Å². The molecule has 2 aromatic rings. The predicted octanol–water partition coefficient (Wildman–Crippen LogP) is 0.671. The van der Waals surface area contributed by atoms with Crippen molar-refractivity contribution in [3.05, 3.63) is 29.9 Å². The van der Waals surface area contributed by atoms with Gasteiger partial charge >= 0.3 is 0 Å². The lowest BCUT2D eigenvalue weighted by molar-refractivity contribution is 0.412. The number of nitrogens with two attached hydrogens (primary N) is 1. The second-order valence-electron chi connectivity index (χ2n) is 3.17. The molecule has 16 heavy (non-hydrogen) atoms.